The first-order chi connectivity index (χ1) is 28.5. The van der Waals surface area contributed by atoms with Crippen molar-refractivity contribution in [2.75, 3.05) is 32.2 Å². The van der Waals surface area contributed by atoms with E-state index in [4.69, 9.17) is 29.0 Å². The third kappa shape index (κ3) is 15.2. The van der Waals surface area contributed by atoms with Crippen molar-refractivity contribution >= 4 is 19.2 Å². The van der Waals surface area contributed by atoms with E-state index in [0.29, 0.717) is 17.7 Å². The van der Waals surface area contributed by atoms with Crippen molar-refractivity contribution in [2.24, 2.45) is 0 Å². The number of aliphatic hydroxyl groups excluding tert-OH is 2. The van der Waals surface area contributed by atoms with Crippen LogP contribution in [-0.2, 0) is 40.0 Å². The van der Waals surface area contributed by atoms with Crippen LogP contribution in [0.3, 0.4) is 0 Å². The number of hydrogen-bond donors (Lipinski definition) is 4. The number of phosphoric ester groups is 1. The lowest BCUT2D eigenvalue weighted by molar-refractivity contribution is -0.0990. The molecule has 0 saturated carbocycles. The second kappa shape index (κ2) is 25.3. The van der Waals surface area contributed by atoms with Crippen LogP contribution in [0.4, 0.5) is 10.2 Å². The number of aliphatic hydroxyl groups is 2. The van der Waals surface area contributed by atoms with Crippen LogP contribution in [0.1, 0.15) is 133 Å². The summed E-state index contributed by atoms with van der Waals surface area (Å²) in [5.41, 5.74) is 5.25. The molecular formula is C42H62FN6O9P. The molecule has 4 rings (SSSR count). The molecule has 0 aliphatic carbocycles. The van der Waals surface area contributed by atoms with E-state index in [-0.39, 0.29) is 30.3 Å². The Morgan fingerprint density at radius 2 is 1.59 bits per heavy atom. The molecule has 1 aliphatic rings. The topological polar surface area (TPSA) is 228 Å². The number of nitrogens with zero attached hydrogens (tertiary/aromatic N) is 5. The Morgan fingerprint density at radius 3 is 2.22 bits per heavy atom. The number of nitrogen functional groups attached to an aromatic ring is 1. The summed E-state index contributed by atoms with van der Waals surface area (Å²) < 4.78 is 56.8. The van der Waals surface area contributed by atoms with Gasteiger partial charge in [-0.05, 0) is 42.3 Å². The average Bonchev–Trinajstić information content (AvgIpc) is 3.77. The highest BCUT2D eigenvalue weighted by atomic mass is 31.2. The predicted octanol–water partition coefficient (Wildman–Crippen LogP) is 7.55. The van der Waals surface area contributed by atoms with Gasteiger partial charge in [0, 0.05) is 6.61 Å². The molecule has 1 fully saturated rings. The summed E-state index contributed by atoms with van der Waals surface area (Å²) in [6, 6.07) is 10.8. The summed E-state index contributed by atoms with van der Waals surface area (Å²) in [5.74, 6) is -0.466. The van der Waals surface area contributed by atoms with Gasteiger partial charge in [0.1, 0.15) is 42.1 Å². The maximum atomic E-state index is 14.1. The summed E-state index contributed by atoms with van der Waals surface area (Å²) in [7, 11) is -4.82. The number of nitrogens with two attached hydrogens (primary N) is 1. The van der Waals surface area contributed by atoms with Gasteiger partial charge in [0.2, 0.25) is 0 Å². The standard InChI is InChI=1S/C42H62FN6O9P/c1-2-3-4-5-6-7-8-9-10-11-12-13-14-15-16-17-22-54-28-35(55-27-33-23-32(26-45)24-34(43)25-33)29-56-59(52,53)57-30-37-39(50)40(51)42(58-37,20-21-44)38-19-18-36-41(46)47-31-48-49(36)38/h18-19,23-25,31,35,37,39-40,50-51H,2-17,20,22,27-30H2,1H3,(H,52,53)(H2,46,47,48)/t35-,37-,39-,40-,42+/m1/s1. The van der Waals surface area contributed by atoms with Crippen LogP contribution in [0.5, 0.6) is 0 Å². The summed E-state index contributed by atoms with van der Waals surface area (Å²) >= 11 is 0. The van der Waals surface area contributed by atoms with Crippen molar-refractivity contribution in [1.82, 2.24) is 14.6 Å². The number of ether oxygens (including phenoxy) is 3. The molecule has 1 aromatic carbocycles. The zero-order valence-electron chi connectivity index (χ0n) is 34.3. The Kier molecular flexibility index (Phi) is 20.6. The first-order valence-corrected chi connectivity index (χ1v) is 22.5. The number of benzene rings is 1. The number of unbranched alkanes of at least 4 members (excludes halogenated alkanes) is 15. The summed E-state index contributed by atoms with van der Waals surface area (Å²) in [4.78, 5) is 14.6. The monoisotopic (exact) mass is 844 g/mol. The molecule has 1 saturated heterocycles. The molecule has 0 amide bonds. The predicted molar refractivity (Wildman–Crippen MR) is 218 cm³/mol. The van der Waals surface area contributed by atoms with Gasteiger partial charge in [0.15, 0.2) is 11.4 Å². The highest BCUT2D eigenvalue weighted by Gasteiger charge is 2.57. The van der Waals surface area contributed by atoms with Crippen LogP contribution in [0.25, 0.3) is 5.52 Å². The van der Waals surface area contributed by atoms with Crippen LogP contribution < -0.4 is 5.73 Å². The number of nitriles is 2. The molecule has 15 nitrogen and oxygen atoms in total. The average molecular weight is 845 g/mol. The van der Waals surface area contributed by atoms with Gasteiger partial charge in [-0.2, -0.15) is 15.6 Å². The van der Waals surface area contributed by atoms with Crippen LogP contribution >= 0.6 is 7.82 Å². The fourth-order valence-corrected chi connectivity index (χ4v) is 8.13. The van der Waals surface area contributed by atoms with Crippen molar-refractivity contribution < 1.29 is 47.3 Å². The van der Waals surface area contributed by atoms with E-state index in [2.05, 4.69) is 17.0 Å². The minimum Gasteiger partial charge on any atom is -0.387 e. The Hall–Kier alpha value is -3.54. The van der Waals surface area contributed by atoms with Crippen LogP contribution in [0.15, 0.2) is 36.7 Å². The minimum atomic E-state index is -4.82. The van der Waals surface area contributed by atoms with Gasteiger partial charge in [-0.1, -0.05) is 103 Å². The van der Waals surface area contributed by atoms with Gasteiger partial charge in [-0.15, -0.1) is 0 Å². The van der Waals surface area contributed by atoms with Gasteiger partial charge < -0.3 is 35.1 Å². The van der Waals surface area contributed by atoms with Gasteiger partial charge >= 0.3 is 7.82 Å². The zero-order valence-corrected chi connectivity index (χ0v) is 35.2. The van der Waals surface area contributed by atoms with E-state index in [9.17, 15) is 34.6 Å². The second-order valence-corrected chi connectivity index (χ2v) is 16.8. The SMILES string of the molecule is CCCCCCCCCCCCCCCCCCOC[C@H](COP(=O)(O)OC[C@H]1O[C@@](CC#N)(c2ccc3c(N)ncnn23)[C@H](O)[C@@H]1O)OCc1cc(F)cc(C#N)c1. The fraction of sp³-hybridized carbons (Fsp3) is 0.667. The number of halogens is 1. The molecule has 0 radical (unpaired) electrons. The van der Waals surface area contributed by atoms with Gasteiger partial charge in [0.05, 0.1) is 56.2 Å². The molecule has 5 N–H and O–H groups in total. The van der Waals surface area contributed by atoms with Crippen LogP contribution in [0, 0.1) is 28.5 Å². The molecule has 6 atom stereocenters. The van der Waals surface area contributed by atoms with E-state index < -0.39 is 63.3 Å². The molecule has 3 heterocycles. The minimum absolute atomic E-state index is 0.00811. The molecule has 3 aromatic rings. The van der Waals surface area contributed by atoms with E-state index in [1.165, 1.54) is 113 Å². The number of phosphoric acid groups is 1. The van der Waals surface area contributed by atoms with Crippen molar-refractivity contribution in [2.45, 2.75) is 153 Å². The summed E-state index contributed by atoms with van der Waals surface area (Å²) in [6.45, 7) is 1.39. The van der Waals surface area contributed by atoms with Crippen LogP contribution in [0.2, 0.25) is 0 Å². The molecule has 0 spiro atoms. The van der Waals surface area contributed by atoms with Gasteiger partial charge in [0.25, 0.3) is 0 Å². The second-order valence-electron chi connectivity index (χ2n) is 15.3. The largest absolute Gasteiger partial charge is 0.472 e. The molecule has 2 aromatic heterocycles. The Bertz CT molecular complexity index is 1840. The third-order valence-corrected chi connectivity index (χ3v) is 11.6. The quantitative estimate of drug-likeness (QED) is 0.0375. The number of fused-ring (bicyclic) bond motifs is 1. The number of hydrogen-bond acceptors (Lipinski definition) is 13. The molecule has 0 bridgehead atoms. The Balaban J connectivity index is 1.22. The first-order valence-electron chi connectivity index (χ1n) is 21.0. The van der Waals surface area contributed by atoms with Crippen molar-refractivity contribution in [1.29, 1.82) is 10.5 Å². The molecular weight excluding hydrogens is 782 g/mol. The summed E-state index contributed by atoms with van der Waals surface area (Å²) in [6.07, 6.45) is 15.3. The van der Waals surface area contributed by atoms with E-state index in [0.717, 1.165) is 25.3 Å². The van der Waals surface area contributed by atoms with E-state index in [1.54, 1.807) is 6.07 Å². The number of aromatic nitrogens is 3. The maximum Gasteiger partial charge on any atom is 0.472 e. The first kappa shape index (κ1) is 48.1. The zero-order chi connectivity index (χ0) is 42.5. The molecule has 17 heteroatoms. The van der Waals surface area contributed by atoms with Crippen LogP contribution in [-0.4, -0.2) is 80.5 Å². The van der Waals surface area contributed by atoms with E-state index in [1.807, 2.05) is 12.1 Å². The van der Waals surface area contributed by atoms with Gasteiger partial charge in [-0.25, -0.2) is 18.5 Å². The molecule has 1 aliphatic heterocycles. The Labute approximate surface area is 347 Å². The third-order valence-electron chi connectivity index (χ3n) is 10.6. The lowest BCUT2D eigenvalue weighted by Gasteiger charge is -2.29. The molecule has 1 unspecified atom stereocenters. The maximum absolute atomic E-state index is 14.1. The van der Waals surface area contributed by atoms with Gasteiger partial charge in [-0.3, -0.25) is 9.05 Å². The number of rotatable bonds is 30. The molecule has 59 heavy (non-hydrogen) atoms. The fourth-order valence-electron chi connectivity index (χ4n) is 7.37. The Morgan fingerprint density at radius 1 is 0.949 bits per heavy atom. The molecule has 326 valence electrons. The lowest BCUT2D eigenvalue weighted by Crippen LogP contribution is -2.41. The van der Waals surface area contributed by atoms with Crippen molar-refractivity contribution in [3.8, 4) is 12.1 Å². The number of anilines is 1. The van der Waals surface area contributed by atoms with Crippen molar-refractivity contribution in [3.05, 3.63) is 59.3 Å². The highest BCUT2D eigenvalue weighted by molar-refractivity contribution is 7.47. The van der Waals surface area contributed by atoms with E-state index >= 15 is 0 Å². The summed E-state index contributed by atoms with van der Waals surface area (Å²) in [5, 5.41) is 45.2. The highest BCUT2D eigenvalue weighted by Crippen LogP contribution is 2.47. The van der Waals surface area contributed by atoms with Crippen molar-refractivity contribution in [3.63, 3.8) is 0 Å². The smallest absolute Gasteiger partial charge is 0.387 e. The normalized spacial score (nSPS) is 20.7. The lowest BCUT2D eigenvalue weighted by atomic mass is 9.88.